The zero-order chi connectivity index (χ0) is 18.7. The van der Waals surface area contributed by atoms with Crippen molar-refractivity contribution < 1.29 is 14.0 Å². The van der Waals surface area contributed by atoms with Gasteiger partial charge in [-0.1, -0.05) is 17.4 Å². The lowest BCUT2D eigenvalue weighted by atomic mass is 10.1. The summed E-state index contributed by atoms with van der Waals surface area (Å²) in [5, 5.41) is 5.76. The summed E-state index contributed by atoms with van der Waals surface area (Å²) in [7, 11) is 0. The fourth-order valence-corrected chi connectivity index (χ4v) is 3.10. The highest BCUT2D eigenvalue weighted by Crippen LogP contribution is 2.33. The predicted molar refractivity (Wildman–Crippen MR) is 99.4 cm³/mol. The van der Waals surface area contributed by atoms with Crippen LogP contribution in [0.3, 0.4) is 0 Å². The van der Waals surface area contributed by atoms with Crippen molar-refractivity contribution in [3.63, 3.8) is 0 Å². The van der Waals surface area contributed by atoms with Crippen LogP contribution in [0.4, 0.5) is 9.93 Å². The van der Waals surface area contributed by atoms with Crippen LogP contribution in [0.2, 0.25) is 0 Å². The molecule has 26 heavy (non-hydrogen) atoms. The monoisotopic (exact) mass is 370 g/mol. The number of thiazole rings is 1. The van der Waals surface area contributed by atoms with E-state index in [1.54, 1.807) is 36.5 Å². The van der Waals surface area contributed by atoms with Gasteiger partial charge in [-0.2, -0.15) is 0 Å². The van der Waals surface area contributed by atoms with Crippen LogP contribution in [0.15, 0.2) is 47.2 Å². The van der Waals surface area contributed by atoms with E-state index in [0.717, 1.165) is 11.3 Å². The lowest BCUT2D eigenvalue weighted by molar-refractivity contribution is 0.103. The molecule has 134 valence electrons. The van der Waals surface area contributed by atoms with Gasteiger partial charge in [0, 0.05) is 11.7 Å². The number of furan rings is 1. The number of aromatic nitrogens is 2. The van der Waals surface area contributed by atoms with Crippen molar-refractivity contribution >= 4 is 28.3 Å². The first-order chi connectivity index (χ1) is 12.3. The molecule has 0 aliphatic rings. The summed E-state index contributed by atoms with van der Waals surface area (Å²) >= 11 is 1.08. The minimum Gasteiger partial charge on any atom is -0.463 e. The van der Waals surface area contributed by atoms with Gasteiger partial charge in [-0.05, 0) is 45.0 Å². The van der Waals surface area contributed by atoms with Crippen molar-refractivity contribution in [1.29, 1.82) is 0 Å². The van der Waals surface area contributed by atoms with Crippen LogP contribution in [-0.2, 0) is 0 Å². The van der Waals surface area contributed by atoms with Gasteiger partial charge in [-0.25, -0.2) is 9.78 Å². The molecule has 0 saturated heterocycles. The second-order valence-electron chi connectivity index (χ2n) is 6.55. The number of ketones is 1. The van der Waals surface area contributed by atoms with Crippen molar-refractivity contribution in [2.75, 3.05) is 5.32 Å². The topological polar surface area (TPSA) is 97.1 Å². The van der Waals surface area contributed by atoms with E-state index in [-0.39, 0.29) is 5.78 Å². The molecule has 0 fully saturated rings. The van der Waals surface area contributed by atoms with Gasteiger partial charge in [0.1, 0.15) is 16.3 Å². The van der Waals surface area contributed by atoms with E-state index in [9.17, 15) is 9.59 Å². The normalized spacial score (nSPS) is 11.2. The Morgan fingerprint density at radius 2 is 1.96 bits per heavy atom. The van der Waals surface area contributed by atoms with E-state index in [1.165, 1.54) is 6.26 Å². The van der Waals surface area contributed by atoms with Gasteiger partial charge in [0.05, 0.1) is 6.26 Å². The average molecular weight is 370 g/mol. The molecule has 0 atom stereocenters. The Kier molecular flexibility index (Phi) is 4.85. The predicted octanol–water partition coefficient (Wildman–Crippen LogP) is 3.95. The van der Waals surface area contributed by atoms with E-state index in [2.05, 4.69) is 20.6 Å². The third-order valence-corrected chi connectivity index (χ3v) is 4.16. The summed E-state index contributed by atoms with van der Waals surface area (Å²) in [6.07, 6.45) is 3.06. The minimum atomic E-state index is -0.394. The van der Waals surface area contributed by atoms with Gasteiger partial charge >= 0.3 is 6.03 Å². The number of amides is 2. The van der Waals surface area contributed by atoms with Crippen molar-refractivity contribution in [3.05, 3.63) is 53.4 Å². The number of carbonyl (C=O) groups is 2. The standard InChI is InChI=1S/C18H18N4O3S/c1-18(2,3)22-16(24)21-17-20-13(12-8-6-10-25-12)15(26-17)14(23)11-7-4-5-9-19-11/h4-10H,1-3H3,(H2,20,21,22,24). The fraction of sp³-hybridized carbons (Fsp3) is 0.222. The van der Waals surface area contributed by atoms with Crippen molar-refractivity contribution in [1.82, 2.24) is 15.3 Å². The van der Waals surface area contributed by atoms with Crippen molar-refractivity contribution in [3.8, 4) is 11.5 Å². The number of nitrogens with one attached hydrogen (secondary N) is 2. The van der Waals surface area contributed by atoms with E-state index in [0.29, 0.717) is 27.2 Å². The molecule has 7 nitrogen and oxygen atoms in total. The number of nitrogens with zero attached hydrogens (tertiary/aromatic N) is 2. The largest absolute Gasteiger partial charge is 0.463 e. The van der Waals surface area contributed by atoms with Gasteiger partial charge in [0.25, 0.3) is 0 Å². The third kappa shape index (κ3) is 4.15. The smallest absolute Gasteiger partial charge is 0.321 e. The van der Waals surface area contributed by atoms with E-state index < -0.39 is 11.6 Å². The lowest BCUT2D eigenvalue weighted by Crippen LogP contribution is -2.43. The molecule has 0 aliphatic carbocycles. The van der Waals surface area contributed by atoms with Gasteiger partial charge < -0.3 is 9.73 Å². The summed E-state index contributed by atoms with van der Waals surface area (Å²) in [6.45, 7) is 5.62. The number of pyridine rings is 1. The van der Waals surface area contributed by atoms with E-state index in [1.807, 2.05) is 20.8 Å². The highest BCUT2D eigenvalue weighted by molar-refractivity contribution is 7.18. The maximum absolute atomic E-state index is 12.8. The number of carbonyl (C=O) groups excluding carboxylic acids is 2. The molecule has 0 spiro atoms. The number of urea groups is 1. The fourth-order valence-electron chi connectivity index (χ4n) is 2.19. The summed E-state index contributed by atoms with van der Waals surface area (Å²) < 4.78 is 5.39. The number of hydrogen-bond donors (Lipinski definition) is 2. The molecule has 8 heteroatoms. The first-order valence-electron chi connectivity index (χ1n) is 7.93. The van der Waals surface area contributed by atoms with Crippen LogP contribution in [0, 0.1) is 0 Å². The molecular weight excluding hydrogens is 352 g/mol. The molecular formula is C18H18N4O3S. The molecule has 2 N–H and O–H groups in total. The third-order valence-electron chi connectivity index (χ3n) is 3.19. The average Bonchev–Trinajstić information content (AvgIpc) is 3.22. The molecule has 0 aromatic carbocycles. The maximum atomic E-state index is 12.8. The Balaban J connectivity index is 1.94. The molecule has 0 bridgehead atoms. The summed E-state index contributed by atoms with van der Waals surface area (Å²) in [5.74, 6) is 0.170. The SMILES string of the molecule is CC(C)(C)NC(=O)Nc1nc(-c2ccco2)c(C(=O)c2ccccn2)s1. The van der Waals surface area contributed by atoms with E-state index in [4.69, 9.17) is 4.42 Å². The maximum Gasteiger partial charge on any atom is 0.321 e. The molecule has 2 amide bonds. The Morgan fingerprint density at radius 3 is 2.58 bits per heavy atom. The summed E-state index contributed by atoms with van der Waals surface area (Å²) in [4.78, 5) is 33.7. The molecule has 3 aromatic rings. The first kappa shape index (κ1) is 17.8. The molecule has 3 heterocycles. The molecule has 0 radical (unpaired) electrons. The van der Waals surface area contributed by atoms with Gasteiger partial charge in [-0.15, -0.1) is 0 Å². The van der Waals surface area contributed by atoms with E-state index >= 15 is 0 Å². The van der Waals surface area contributed by atoms with Crippen molar-refractivity contribution in [2.24, 2.45) is 0 Å². The van der Waals surface area contributed by atoms with Gasteiger partial charge in [0.2, 0.25) is 5.78 Å². The van der Waals surface area contributed by atoms with Crippen LogP contribution < -0.4 is 10.6 Å². The zero-order valence-corrected chi connectivity index (χ0v) is 15.4. The van der Waals surface area contributed by atoms with Gasteiger partial charge in [0.15, 0.2) is 10.9 Å². The quantitative estimate of drug-likeness (QED) is 0.678. The second-order valence-corrected chi connectivity index (χ2v) is 7.55. The minimum absolute atomic E-state index is 0.279. The highest BCUT2D eigenvalue weighted by atomic mass is 32.1. The second kappa shape index (κ2) is 7.09. The number of rotatable bonds is 4. The summed E-state index contributed by atoms with van der Waals surface area (Å²) in [5.41, 5.74) is 0.286. The zero-order valence-electron chi connectivity index (χ0n) is 14.6. The van der Waals surface area contributed by atoms with Crippen LogP contribution >= 0.6 is 11.3 Å². The Morgan fingerprint density at radius 1 is 1.15 bits per heavy atom. The van der Waals surface area contributed by atoms with Crippen LogP contribution in [-0.4, -0.2) is 27.3 Å². The Bertz CT molecular complexity index is 912. The van der Waals surface area contributed by atoms with Crippen LogP contribution in [0.25, 0.3) is 11.5 Å². The highest BCUT2D eigenvalue weighted by Gasteiger charge is 2.24. The molecule has 3 rings (SSSR count). The van der Waals surface area contributed by atoms with Crippen molar-refractivity contribution in [2.45, 2.75) is 26.3 Å². The first-order valence-corrected chi connectivity index (χ1v) is 8.75. The molecule has 3 aromatic heterocycles. The number of hydrogen-bond acceptors (Lipinski definition) is 6. The summed E-state index contributed by atoms with van der Waals surface area (Å²) in [6, 6.07) is 8.14. The van der Waals surface area contributed by atoms with Crippen LogP contribution in [0.5, 0.6) is 0 Å². The van der Waals surface area contributed by atoms with Gasteiger partial charge in [-0.3, -0.25) is 15.1 Å². The lowest BCUT2D eigenvalue weighted by Gasteiger charge is -2.20. The molecule has 0 aliphatic heterocycles. The Hall–Kier alpha value is -3.00. The number of anilines is 1. The molecule has 0 saturated carbocycles. The molecule has 0 unspecified atom stereocenters. The van der Waals surface area contributed by atoms with Crippen LogP contribution in [0.1, 0.15) is 36.1 Å². The Labute approximate surface area is 154 Å².